The van der Waals surface area contributed by atoms with Crippen molar-refractivity contribution in [3.05, 3.63) is 0 Å². The summed E-state index contributed by atoms with van der Waals surface area (Å²) in [6, 6.07) is 0.738. The van der Waals surface area contributed by atoms with Crippen molar-refractivity contribution < 1.29 is 0 Å². The Hall–Kier alpha value is -0.110. The molecule has 1 aliphatic rings. The van der Waals surface area contributed by atoms with Gasteiger partial charge in [-0.05, 0) is 19.3 Å². The lowest BCUT2D eigenvalue weighted by Gasteiger charge is -2.00. The summed E-state index contributed by atoms with van der Waals surface area (Å²) in [5, 5.41) is 3.23. The van der Waals surface area contributed by atoms with E-state index in [2.05, 4.69) is 12.2 Å². The number of hydrogen-bond donors (Lipinski definition) is 1. The van der Waals surface area contributed by atoms with E-state index in [9.17, 15) is 0 Å². The van der Waals surface area contributed by atoms with Crippen molar-refractivity contribution in [3.8, 4) is 0 Å². The molecule has 1 aliphatic carbocycles. The van der Waals surface area contributed by atoms with Crippen molar-refractivity contribution >= 4 is 17.2 Å². The molecule has 0 radical (unpaired) electrons. The lowest BCUT2D eigenvalue weighted by molar-refractivity contribution is 0.901. The first-order chi connectivity index (χ1) is 3.83. The summed E-state index contributed by atoms with van der Waals surface area (Å²) in [7, 11) is 0. The molecular weight excluding hydrogens is 118 g/mol. The monoisotopic (exact) mass is 129 g/mol. The molecule has 0 aromatic rings. The summed E-state index contributed by atoms with van der Waals surface area (Å²) >= 11 is 4.96. The maximum Gasteiger partial charge on any atom is 0.0752 e. The second-order valence-corrected chi connectivity index (χ2v) is 2.69. The van der Waals surface area contributed by atoms with Gasteiger partial charge in [-0.1, -0.05) is 19.1 Å². The van der Waals surface area contributed by atoms with E-state index in [1.54, 1.807) is 0 Å². The van der Waals surface area contributed by atoms with Gasteiger partial charge in [-0.15, -0.1) is 0 Å². The summed E-state index contributed by atoms with van der Waals surface area (Å²) in [6.07, 6.45) is 3.63. The third-order valence-corrected chi connectivity index (χ3v) is 1.67. The van der Waals surface area contributed by atoms with Crippen LogP contribution in [0.15, 0.2) is 0 Å². The Labute approximate surface area is 55.5 Å². The van der Waals surface area contributed by atoms with E-state index in [4.69, 9.17) is 12.2 Å². The lowest BCUT2D eigenvalue weighted by atomic mass is 10.5. The van der Waals surface area contributed by atoms with Gasteiger partial charge in [-0.2, -0.15) is 0 Å². The molecule has 0 bridgehead atoms. The largest absolute Gasteiger partial charge is 0.377 e. The van der Waals surface area contributed by atoms with E-state index >= 15 is 0 Å². The number of nitrogens with one attached hydrogen (secondary N) is 1. The van der Waals surface area contributed by atoms with Gasteiger partial charge in [-0.3, -0.25) is 0 Å². The first-order valence-corrected chi connectivity index (χ1v) is 3.53. The van der Waals surface area contributed by atoms with Crippen molar-refractivity contribution in [2.75, 3.05) is 0 Å². The average molecular weight is 129 g/mol. The van der Waals surface area contributed by atoms with Crippen LogP contribution in [-0.2, 0) is 0 Å². The van der Waals surface area contributed by atoms with E-state index in [-0.39, 0.29) is 0 Å². The molecule has 0 atom stereocenters. The molecule has 8 heavy (non-hydrogen) atoms. The van der Waals surface area contributed by atoms with Gasteiger partial charge in [0, 0.05) is 6.04 Å². The van der Waals surface area contributed by atoms with E-state index in [0.29, 0.717) is 0 Å². The van der Waals surface area contributed by atoms with Crippen LogP contribution in [0.2, 0.25) is 0 Å². The van der Waals surface area contributed by atoms with Gasteiger partial charge in [-0.25, -0.2) is 0 Å². The third-order valence-electron chi connectivity index (χ3n) is 1.26. The molecule has 0 aromatic heterocycles. The van der Waals surface area contributed by atoms with Gasteiger partial charge in [0.1, 0.15) is 0 Å². The van der Waals surface area contributed by atoms with Gasteiger partial charge in [0.05, 0.1) is 4.99 Å². The van der Waals surface area contributed by atoms with Crippen LogP contribution in [-0.4, -0.2) is 11.0 Å². The van der Waals surface area contributed by atoms with Crippen LogP contribution in [0.1, 0.15) is 26.2 Å². The molecule has 0 spiro atoms. The molecule has 0 amide bonds. The van der Waals surface area contributed by atoms with Crippen LogP contribution >= 0.6 is 12.2 Å². The molecular formula is C6H11NS. The van der Waals surface area contributed by atoms with E-state index in [0.717, 1.165) is 17.5 Å². The molecule has 0 aromatic carbocycles. The fourth-order valence-electron chi connectivity index (χ4n) is 0.557. The standard InChI is InChI=1S/C6H11NS/c1-2-6(8)7-5-3-4-5/h5H,2-4H2,1H3,(H,7,8). The van der Waals surface area contributed by atoms with Gasteiger partial charge >= 0.3 is 0 Å². The van der Waals surface area contributed by atoms with Crippen LogP contribution in [0.25, 0.3) is 0 Å². The number of thiocarbonyl (C=S) groups is 1. The molecule has 2 heteroatoms. The predicted molar refractivity (Wildman–Crippen MR) is 39.0 cm³/mol. The third kappa shape index (κ3) is 1.78. The maximum absolute atomic E-state index is 4.96. The summed E-state index contributed by atoms with van der Waals surface area (Å²) in [5.41, 5.74) is 0. The number of hydrogen-bond acceptors (Lipinski definition) is 1. The highest BCUT2D eigenvalue weighted by Crippen LogP contribution is 2.18. The Kier molecular flexibility index (Phi) is 1.84. The molecule has 1 fully saturated rings. The van der Waals surface area contributed by atoms with Gasteiger partial charge in [0.25, 0.3) is 0 Å². The van der Waals surface area contributed by atoms with Crippen LogP contribution < -0.4 is 5.32 Å². The molecule has 46 valence electrons. The minimum absolute atomic E-state index is 0.738. The number of rotatable bonds is 2. The quantitative estimate of drug-likeness (QED) is 0.567. The molecule has 1 nitrogen and oxygen atoms in total. The highest BCUT2D eigenvalue weighted by Gasteiger charge is 2.20. The van der Waals surface area contributed by atoms with Gasteiger partial charge in [0.2, 0.25) is 0 Å². The van der Waals surface area contributed by atoms with Crippen LogP contribution in [0.4, 0.5) is 0 Å². The van der Waals surface area contributed by atoms with Gasteiger partial charge < -0.3 is 5.32 Å². The average Bonchev–Trinajstić information content (AvgIpc) is 2.50. The molecule has 1 saturated carbocycles. The summed E-state index contributed by atoms with van der Waals surface area (Å²) in [6.45, 7) is 2.08. The molecule has 0 unspecified atom stereocenters. The highest BCUT2D eigenvalue weighted by atomic mass is 32.1. The Morgan fingerprint density at radius 3 is 2.75 bits per heavy atom. The molecule has 1 N–H and O–H groups in total. The Morgan fingerprint density at radius 2 is 2.38 bits per heavy atom. The van der Waals surface area contributed by atoms with Crippen LogP contribution in [0, 0.1) is 0 Å². The second kappa shape index (κ2) is 2.44. The van der Waals surface area contributed by atoms with Crippen molar-refractivity contribution in [2.45, 2.75) is 32.2 Å². The Bertz CT molecular complexity index is 96.7. The zero-order chi connectivity index (χ0) is 5.98. The fraction of sp³-hybridized carbons (Fsp3) is 0.833. The van der Waals surface area contributed by atoms with Gasteiger partial charge in [0.15, 0.2) is 0 Å². The van der Waals surface area contributed by atoms with E-state index < -0.39 is 0 Å². The Morgan fingerprint density at radius 1 is 1.75 bits per heavy atom. The van der Waals surface area contributed by atoms with Crippen molar-refractivity contribution in [1.29, 1.82) is 0 Å². The minimum atomic E-state index is 0.738. The molecule has 0 heterocycles. The molecule has 0 aliphatic heterocycles. The second-order valence-electron chi connectivity index (χ2n) is 2.20. The van der Waals surface area contributed by atoms with Crippen molar-refractivity contribution in [3.63, 3.8) is 0 Å². The first-order valence-electron chi connectivity index (χ1n) is 3.12. The van der Waals surface area contributed by atoms with Crippen LogP contribution in [0.3, 0.4) is 0 Å². The maximum atomic E-state index is 4.96. The van der Waals surface area contributed by atoms with E-state index in [1.165, 1.54) is 12.8 Å². The van der Waals surface area contributed by atoms with Crippen LogP contribution in [0.5, 0.6) is 0 Å². The SMILES string of the molecule is CCC(=S)NC1CC1. The lowest BCUT2D eigenvalue weighted by Crippen LogP contribution is -2.22. The van der Waals surface area contributed by atoms with Crippen molar-refractivity contribution in [2.24, 2.45) is 0 Å². The minimum Gasteiger partial charge on any atom is -0.377 e. The molecule has 0 saturated heterocycles. The predicted octanol–water partition coefficient (Wildman–Crippen LogP) is 1.48. The van der Waals surface area contributed by atoms with Crippen molar-refractivity contribution in [1.82, 2.24) is 5.32 Å². The zero-order valence-electron chi connectivity index (χ0n) is 5.11. The smallest absolute Gasteiger partial charge is 0.0752 e. The molecule has 1 rings (SSSR count). The summed E-state index contributed by atoms with van der Waals surface area (Å²) in [4.78, 5) is 1.02. The normalized spacial score (nSPS) is 18.1. The summed E-state index contributed by atoms with van der Waals surface area (Å²) < 4.78 is 0. The van der Waals surface area contributed by atoms with E-state index in [1.807, 2.05) is 0 Å². The highest BCUT2D eigenvalue weighted by molar-refractivity contribution is 7.80. The Balaban J connectivity index is 2.07. The first kappa shape index (κ1) is 6.02. The summed E-state index contributed by atoms with van der Waals surface area (Å²) in [5.74, 6) is 0. The fourth-order valence-corrected chi connectivity index (χ4v) is 0.724. The zero-order valence-corrected chi connectivity index (χ0v) is 5.92. The topological polar surface area (TPSA) is 12.0 Å².